The summed E-state index contributed by atoms with van der Waals surface area (Å²) in [6.07, 6.45) is -14.6. The van der Waals surface area contributed by atoms with Crippen LogP contribution < -0.4 is 18.9 Å². The van der Waals surface area contributed by atoms with Crippen molar-refractivity contribution in [1.82, 2.24) is 0 Å². The summed E-state index contributed by atoms with van der Waals surface area (Å²) in [6.45, 7) is 0. The third-order valence-electron chi connectivity index (χ3n) is 16.0. The van der Waals surface area contributed by atoms with Crippen molar-refractivity contribution in [2.75, 3.05) is 0 Å². The molecule has 0 fully saturated rings. The Balaban J connectivity index is 1.11. The Morgan fingerprint density at radius 1 is 0.286 bits per heavy atom. The number of rotatable bonds is 7. The summed E-state index contributed by atoms with van der Waals surface area (Å²) in [4.78, 5) is 0. The fourth-order valence-corrected chi connectivity index (χ4v) is 12.2. The molecule has 434 valence electrons. The highest BCUT2D eigenvalue weighted by Gasteiger charge is 2.53. The van der Waals surface area contributed by atoms with Crippen LogP contribution in [-0.2, 0) is 6.42 Å². The van der Waals surface area contributed by atoms with Crippen molar-refractivity contribution in [2.24, 2.45) is 0 Å². The summed E-state index contributed by atoms with van der Waals surface area (Å²) in [5.74, 6) is -19.0. The zero-order valence-electron chi connectivity index (χ0n) is 43.0. The maximum absolute atomic E-state index is 13.0. The lowest BCUT2D eigenvalue weighted by Crippen LogP contribution is -2.39. The molecule has 4 heterocycles. The summed E-state index contributed by atoms with van der Waals surface area (Å²) in [7, 11) is 0. The number of phenols is 16. The molecule has 4 aliphatic heterocycles. The number of aliphatic hydroxyl groups excluding tert-OH is 4. The van der Waals surface area contributed by atoms with Gasteiger partial charge in [-0.2, -0.15) is 0 Å². The van der Waals surface area contributed by atoms with Crippen molar-refractivity contribution in [3.8, 4) is 115 Å². The van der Waals surface area contributed by atoms with Crippen molar-refractivity contribution in [3.05, 3.63) is 164 Å². The molecule has 11 atom stereocenters. The highest BCUT2D eigenvalue weighted by atomic mass is 16.5. The Morgan fingerprint density at radius 2 is 0.619 bits per heavy atom. The van der Waals surface area contributed by atoms with Crippen molar-refractivity contribution >= 4 is 0 Å². The molecule has 0 aromatic heterocycles. The molecule has 0 saturated heterocycles. The maximum atomic E-state index is 13.0. The Labute approximate surface area is 472 Å². The molecule has 12 rings (SSSR count). The van der Waals surface area contributed by atoms with Crippen LogP contribution in [0.5, 0.6) is 115 Å². The van der Waals surface area contributed by atoms with Crippen LogP contribution in [0.15, 0.2) is 103 Å². The van der Waals surface area contributed by atoms with Crippen LogP contribution in [0.4, 0.5) is 0 Å². The molecule has 8 aromatic rings. The highest BCUT2D eigenvalue weighted by molar-refractivity contribution is 5.73. The second-order valence-corrected chi connectivity index (χ2v) is 21.0. The first-order chi connectivity index (χ1) is 39.9. The topological polar surface area (TPSA) is 442 Å². The second kappa shape index (κ2) is 19.7. The largest absolute Gasteiger partial charge is 0.508 e. The quantitative estimate of drug-likeness (QED) is 0.0827. The lowest BCUT2D eigenvalue weighted by Gasteiger charge is -2.44. The maximum Gasteiger partial charge on any atom is 0.157 e. The first-order valence-corrected chi connectivity index (χ1v) is 25.7. The second-order valence-electron chi connectivity index (χ2n) is 21.0. The van der Waals surface area contributed by atoms with Gasteiger partial charge in [-0.15, -0.1) is 0 Å². The summed E-state index contributed by atoms with van der Waals surface area (Å²) in [5.41, 5.74) is -3.26. The van der Waals surface area contributed by atoms with E-state index in [1.807, 2.05) is 0 Å². The molecule has 0 amide bonds. The van der Waals surface area contributed by atoms with Gasteiger partial charge in [-0.05, 0) is 70.8 Å². The molecule has 4 aliphatic rings. The molecule has 0 bridgehead atoms. The van der Waals surface area contributed by atoms with Gasteiger partial charge in [0.1, 0.15) is 93.4 Å². The van der Waals surface area contributed by atoms with Crippen molar-refractivity contribution in [3.63, 3.8) is 0 Å². The van der Waals surface area contributed by atoms with Gasteiger partial charge in [0.15, 0.2) is 64.3 Å². The zero-order chi connectivity index (χ0) is 59.8. The summed E-state index contributed by atoms with van der Waals surface area (Å²) >= 11 is 0. The SMILES string of the molecule is Oc1cc(O)c2c(c1)O[C@H](c1ccc(O)c(O)c1)[C@H](O)[C@H]2c1c(O)cc(O)c2c1O[C@H](c1ccc(O)c(O)c1)[C@H](O)[C@H]2c1c(O)cc(O)c2c1O[C@H](c1ccc(O)c(O)c1)[C@H](O)[C@H]2c1c(O)cc2c(c1O)C[C@H](O)[C@@H](c1ccc(O)c(O)c1)O2. The van der Waals surface area contributed by atoms with Crippen LogP contribution >= 0.6 is 0 Å². The van der Waals surface area contributed by atoms with E-state index in [-0.39, 0.29) is 44.9 Å². The smallest absolute Gasteiger partial charge is 0.157 e. The number of phenolic OH excluding ortho intramolecular Hbond substituents is 16. The third kappa shape index (κ3) is 8.44. The number of hydrogen-bond donors (Lipinski definition) is 20. The summed E-state index contributed by atoms with van der Waals surface area (Å²) in [5, 5.41) is 229. The van der Waals surface area contributed by atoms with E-state index in [1.165, 1.54) is 24.3 Å². The van der Waals surface area contributed by atoms with Gasteiger partial charge >= 0.3 is 0 Å². The van der Waals surface area contributed by atoms with Gasteiger partial charge in [0, 0.05) is 75.7 Å². The van der Waals surface area contributed by atoms with E-state index in [0.29, 0.717) is 0 Å². The van der Waals surface area contributed by atoms with E-state index in [4.69, 9.17) is 18.9 Å². The van der Waals surface area contributed by atoms with Crippen molar-refractivity contribution < 1.29 is 121 Å². The average Bonchev–Trinajstić information content (AvgIpc) is 0.873. The standard InChI is InChI=1S/C60H50O24/c61-23-13-33(70)42-41(14-23)82-56(20-2-6-26(63)30(67)10-20)52(78)48(42)44-34(71)16-36(73)46-50(54(80)58(84-59(44)46)22-4-8-28(65)32(69)12-22)47-37(74)17-35(72)45-49(53(79)57(83-60(45)47)21-3-7-27(64)31(68)11-21)43-38(75)18-40-24(51(43)77)15-39(76)55(81-40)19-1-5-25(62)29(66)9-19/h1-14,16-18,39,48-50,52-58,61-80H,15H2/t39-,48+,49-,50+,52+,53+,54+,55+,56+,57+,58+/m0/s1. The molecule has 0 saturated carbocycles. The number of ether oxygens (including phenoxy) is 4. The molecule has 0 unspecified atom stereocenters. The molecule has 0 spiro atoms. The predicted molar refractivity (Wildman–Crippen MR) is 285 cm³/mol. The Bertz CT molecular complexity index is 4030. The minimum Gasteiger partial charge on any atom is -0.508 e. The molecular formula is C60H50O24. The highest BCUT2D eigenvalue weighted by Crippen LogP contribution is 2.65. The Hall–Kier alpha value is -10.4. The number of hydrogen-bond acceptors (Lipinski definition) is 24. The van der Waals surface area contributed by atoms with Crippen LogP contribution in [-0.4, -0.2) is 127 Å². The van der Waals surface area contributed by atoms with Gasteiger partial charge in [0.25, 0.3) is 0 Å². The van der Waals surface area contributed by atoms with Gasteiger partial charge in [-0.1, -0.05) is 24.3 Å². The fraction of sp³-hybridized carbons (Fsp3) is 0.200. The van der Waals surface area contributed by atoms with E-state index in [2.05, 4.69) is 0 Å². The van der Waals surface area contributed by atoms with Gasteiger partial charge in [-0.25, -0.2) is 0 Å². The van der Waals surface area contributed by atoms with Gasteiger partial charge in [0.05, 0.1) is 23.9 Å². The molecule has 0 aliphatic carbocycles. The van der Waals surface area contributed by atoms with E-state index < -0.39 is 204 Å². The molecule has 0 radical (unpaired) electrons. The third-order valence-corrected chi connectivity index (χ3v) is 16.0. The lowest BCUT2D eigenvalue weighted by molar-refractivity contribution is -0.00771. The van der Waals surface area contributed by atoms with Crippen LogP contribution in [0.2, 0.25) is 0 Å². The van der Waals surface area contributed by atoms with Gasteiger partial charge in [-0.3, -0.25) is 0 Å². The zero-order valence-corrected chi connectivity index (χ0v) is 43.0. The van der Waals surface area contributed by atoms with Crippen LogP contribution in [0, 0.1) is 0 Å². The monoisotopic (exact) mass is 1150 g/mol. The normalized spacial score (nSPS) is 24.0. The first kappa shape index (κ1) is 54.2. The summed E-state index contributed by atoms with van der Waals surface area (Å²) in [6, 6.07) is 18.0. The molecule has 24 heteroatoms. The van der Waals surface area contributed by atoms with Crippen LogP contribution in [0.25, 0.3) is 0 Å². The Kier molecular flexibility index (Phi) is 12.7. The number of fused-ring (bicyclic) bond motifs is 4. The molecule has 24 nitrogen and oxygen atoms in total. The van der Waals surface area contributed by atoms with Crippen molar-refractivity contribution in [2.45, 2.75) is 73.0 Å². The molecule has 84 heavy (non-hydrogen) atoms. The van der Waals surface area contributed by atoms with E-state index in [1.54, 1.807) is 0 Å². The number of aromatic hydroxyl groups is 16. The minimum absolute atomic E-state index is 0.000225. The molecule has 20 N–H and O–H groups in total. The van der Waals surface area contributed by atoms with Crippen LogP contribution in [0.1, 0.15) is 103 Å². The van der Waals surface area contributed by atoms with Crippen molar-refractivity contribution in [1.29, 1.82) is 0 Å². The molecular weight excluding hydrogens is 1100 g/mol. The van der Waals surface area contributed by atoms with E-state index in [9.17, 15) is 102 Å². The first-order valence-electron chi connectivity index (χ1n) is 25.7. The lowest BCUT2D eigenvalue weighted by atomic mass is 9.72. The summed E-state index contributed by atoms with van der Waals surface area (Å²) < 4.78 is 25.4. The minimum atomic E-state index is -2.15. The fourth-order valence-electron chi connectivity index (χ4n) is 12.2. The average molecular weight is 1160 g/mol. The number of aliphatic hydroxyl groups is 4. The van der Waals surface area contributed by atoms with Gasteiger partial charge in [0.2, 0.25) is 0 Å². The predicted octanol–water partition coefficient (Wildman–Crippen LogP) is 5.89. The van der Waals surface area contributed by atoms with E-state index in [0.717, 1.165) is 78.9 Å². The molecule has 8 aromatic carbocycles. The van der Waals surface area contributed by atoms with Gasteiger partial charge < -0.3 is 121 Å². The van der Waals surface area contributed by atoms with Crippen LogP contribution in [0.3, 0.4) is 0 Å². The Morgan fingerprint density at radius 3 is 1.02 bits per heavy atom. The van der Waals surface area contributed by atoms with E-state index >= 15 is 0 Å². The number of benzene rings is 8.